The molecular formula is C20H26N2O6. The lowest BCUT2D eigenvalue weighted by Crippen LogP contribution is -2.26. The summed E-state index contributed by atoms with van der Waals surface area (Å²) in [7, 11) is 0. The second-order valence-electron chi connectivity index (χ2n) is 6.92. The van der Waals surface area contributed by atoms with Gasteiger partial charge in [0.25, 0.3) is 0 Å². The molecule has 0 aliphatic carbocycles. The molecule has 8 nitrogen and oxygen atoms in total. The van der Waals surface area contributed by atoms with Crippen LogP contribution in [0.3, 0.4) is 0 Å². The van der Waals surface area contributed by atoms with Crippen LogP contribution in [0.1, 0.15) is 87.5 Å². The van der Waals surface area contributed by atoms with Crippen LogP contribution in [-0.2, 0) is 9.47 Å². The number of aromatic amines is 1. The Hall–Kier alpha value is -2.90. The minimum Gasteiger partial charge on any atom is -0.462 e. The van der Waals surface area contributed by atoms with E-state index in [0.717, 1.165) is 0 Å². The van der Waals surface area contributed by atoms with E-state index < -0.39 is 23.8 Å². The van der Waals surface area contributed by atoms with E-state index in [1.807, 2.05) is 13.8 Å². The van der Waals surface area contributed by atoms with Gasteiger partial charge < -0.3 is 19.0 Å². The van der Waals surface area contributed by atoms with E-state index in [4.69, 9.17) is 14.0 Å². The molecule has 0 unspecified atom stereocenters. The van der Waals surface area contributed by atoms with E-state index >= 15 is 0 Å². The molecule has 2 rings (SSSR count). The monoisotopic (exact) mass is 390 g/mol. The summed E-state index contributed by atoms with van der Waals surface area (Å²) in [5.74, 6) is -1.26. The lowest BCUT2D eigenvalue weighted by atomic mass is 10.0. The van der Waals surface area contributed by atoms with E-state index in [-0.39, 0.29) is 23.8 Å². The summed E-state index contributed by atoms with van der Waals surface area (Å²) in [6.07, 6.45) is -1.06. The Bertz CT molecular complexity index is 906. The largest absolute Gasteiger partial charge is 0.462 e. The Kier molecular flexibility index (Phi) is 6.43. The van der Waals surface area contributed by atoms with Crippen molar-refractivity contribution >= 4 is 17.7 Å². The van der Waals surface area contributed by atoms with Gasteiger partial charge in [0.2, 0.25) is 5.78 Å². The average molecular weight is 390 g/mol. The number of Topliss-reactive ketones (excluding diaryl/α,β-unsaturated/α-hetero) is 1. The minimum absolute atomic E-state index is 0.0600. The number of carbonyl (C=O) groups excluding carboxylic acids is 3. The number of hydrogen-bond donors (Lipinski definition) is 1. The minimum atomic E-state index is -1.06. The van der Waals surface area contributed by atoms with Gasteiger partial charge >= 0.3 is 11.9 Å². The van der Waals surface area contributed by atoms with Crippen molar-refractivity contribution in [2.45, 2.75) is 60.5 Å². The summed E-state index contributed by atoms with van der Waals surface area (Å²) < 4.78 is 15.6. The molecule has 28 heavy (non-hydrogen) atoms. The zero-order chi connectivity index (χ0) is 21.2. The van der Waals surface area contributed by atoms with Crippen molar-refractivity contribution in [2.75, 3.05) is 6.61 Å². The van der Waals surface area contributed by atoms with Gasteiger partial charge in [-0.3, -0.25) is 4.79 Å². The Balaban J connectivity index is 2.24. The van der Waals surface area contributed by atoms with Crippen LogP contribution >= 0.6 is 0 Å². The Morgan fingerprint density at radius 1 is 1.07 bits per heavy atom. The number of rotatable bonds is 7. The number of ketones is 1. The Labute approximate surface area is 163 Å². The number of hydrogen-bond acceptors (Lipinski definition) is 7. The molecule has 0 radical (unpaired) electrons. The van der Waals surface area contributed by atoms with Crippen molar-refractivity contribution in [2.24, 2.45) is 0 Å². The van der Waals surface area contributed by atoms with Gasteiger partial charge in [-0.25, -0.2) is 9.59 Å². The number of nitrogens with zero attached hydrogens (tertiary/aromatic N) is 1. The summed E-state index contributed by atoms with van der Waals surface area (Å²) >= 11 is 0. The third-order valence-electron chi connectivity index (χ3n) is 4.43. The summed E-state index contributed by atoms with van der Waals surface area (Å²) in [6, 6.07) is 0. The molecule has 1 atom stereocenters. The van der Waals surface area contributed by atoms with Crippen LogP contribution < -0.4 is 0 Å². The molecular weight excluding hydrogens is 364 g/mol. The molecule has 0 bridgehead atoms. The second kappa shape index (κ2) is 8.41. The number of nitrogens with one attached hydrogen (secondary N) is 1. The van der Waals surface area contributed by atoms with Gasteiger partial charge in [-0.05, 0) is 40.2 Å². The third-order valence-corrected chi connectivity index (χ3v) is 4.43. The second-order valence-corrected chi connectivity index (χ2v) is 6.92. The Morgan fingerprint density at radius 3 is 2.29 bits per heavy atom. The summed E-state index contributed by atoms with van der Waals surface area (Å²) in [5, 5.41) is 3.82. The molecule has 0 saturated heterocycles. The number of carbonyl (C=O) groups is 3. The van der Waals surface area contributed by atoms with Crippen LogP contribution in [0, 0.1) is 20.8 Å². The quantitative estimate of drug-likeness (QED) is 0.567. The van der Waals surface area contributed by atoms with Gasteiger partial charge in [-0.15, -0.1) is 0 Å². The molecule has 0 aliphatic heterocycles. The molecule has 2 aromatic heterocycles. The molecule has 0 spiro atoms. The molecule has 0 aromatic carbocycles. The SMILES string of the molecule is CCOC(=O)c1c(C)[nH]c(C(=O)[C@@H](C)OC(=O)c2c(C)noc2C(C)C)c1C. The van der Waals surface area contributed by atoms with Gasteiger partial charge in [-0.1, -0.05) is 19.0 Å². The summed E-state index contributed by atoms with van der Waals surface area (Å²) in [5.41, 5.74) is 2.17. The highest BCUT2D eigenvalue weighted by Crippen LogP contribution is 2.25. The molecule has 1 N–H and O–H groups in total. The maximum Gasteiger partial charge on any atom is 0.344 e. The van der Waals surface area contributed by atoms with Gasteiger partial charge in [0.1, 0.15) is 5.56 Å². The topological polar surface area (TPSA) is 111 Å². The lowest BCUT2D eigenvalue weighted by molar-refractivity contribution is 0.0313. The van der Waals surface area contributed by atoms with Crippen molar-refractivity contribution in [1.29, 1.82) is 0 Å². The number of aryl methyl sites for hydroxylation is 2. The first-order chi connectivity index (χ1) is 13.1. The van der Waals surface area contributed by atoms with Gasteiger partial charge in [-0.2, -0.15) is 0 Å². The number of ether oxygens (including phenoxy) is 2. The molecule has 8 heteroatoms. The van der Waals surface area contributed by atoms with Crippen LogP contribution in [0.5, 0.6) is 0 Å². The van der Waals surface area contributed by atoms with Gasteiger partial charge in [0.15, 0.2) is 11.9 Å². The number of H-pyrrole nitrogens is 1. The molecule has 0 saturated carbocycles. The van der Waals surface area contributed by atoms with Crippen LogP contribution in [0.2, 0.25) is 0 Å². The van der Waals surface area contributed by atoms with Crippen LogP contribution in [0.15, 0.2) is 4.52 Å². The van der Waals surface area contributed by atoms with E-state index in [1.54, 1.807) is 27.7 Å². The lowest BCUT2D eigenvalue weighted by Gasteiger charge is -2.13. The smallest absolute Gasteiger partial charge is 0.344 e. The zero-order valence-electron chi connectivity index (χ0n) is 17.3. The van der Waals surface area contributed by atoms with Crippen molar-refractivity contribution in [3.8, 4) is 0 Å². The molecule has 2 aromatic rings. The highest BCUT2D eigenvalue weighted by Gasteiger charge is 2.30. The first-order valence-corrected chi connectivity index (χ1v) is 9.17. The van der Waals surface area contributed by atoms with Crippen LogP contribution in [-0.4, -0.2) is 40.6 Å². The fourth-order valence-corrected chi connectivity index (χ4v) is 3.01. The summed E-state index contributed by atoms with van der Waals surface area (Å²) in [4.78, 5) is 40.4. The maximum absolute atomic E-state index is 12.8. The van der Waals surface area contributed by atoms with E-state index in [0.29, 0.717) is 28.3 Å². The number of esters is 2. The van der Waals surface area contributed by atoms with Crippen LogP contribution in [0.4, 0.5) is 0 Å². The van der Waals surface area contributed by atoms with Crippen molar-refractivity contribution in [1.82, 2.24) is 10.1 Å². The molecule has 0 amide bonds. The van der Waals surface area contributed by atoms with Gasteiger partial charge in [0.05, 0.1) is 23.6 Å². The molecule has 0 fully saturated rings. The Morgan fingerprint density at radius 2 is 1.71 bits per heavy atom. The number of aromatic nitrogens is 2. The van der Waals surface area contributed by atoms with Crippen molar-refractivity contribution in [3.63, 3.8) is 0 Å². The van der Waals surface area contributed by atoms with E-state index in [1.165, 1.54) is 6.92 Å². The van der Waals surface area contributed by atoms with Crippen LogP contribution in [0.25, 0.3) is 0 Å². The molecule has 152 valence electrons. The van der Waals surface area contributed by atoms with Crippen molar-refractivity contribution in [3.05, 3.63) is 39.5 Å². The normalized spacial score (nSPS) is 12.1. The highest BCUT2D eigenvalue weighted by atomic mass is 16.5. The van der Waals surface area contributed by atoms with E-state index in [9.17, 15) is 14.4 Å². The predicted molar refractivity (Wildman–Crippen MR) is 101 cm³/mol. The zero-order valence-corrected chi connectivity index (χ0v) is 17.3. The van der Waals surface area contributed by atoms with Gasteiger partial charge in [0, 0.05) is 11.6 Å². The molecule has 2 heterocycles. The first kappa shape index (κ1) is 21.4. The average Bonchev–Trinajstić information content (AvgIpc) is 3.14. The standard InChI is InChI=1S/C20H26N2O6/c1-8-26-19(24)14-10(4)16(21-11(14)5)17(23)13(7)27-20(25)15-12(6)22-28-18(15)9(2)3/h9,13,21H,8H2,1-7H3/t13-/m1/s1. The third kappa shape index (κ3) is 4.00. The maximum atomic E-state index is 12.8. The van der Waals surface area contributed by atoms with Crippen molar-refractivity contribution < 1.29 is 28.4 Å². The molecule has 0 aliphatic rings. The fourth-order valence-electron chi connectivity index (χ4n) is 3.01. The highest BCUT2D eigenvalue weighted by molar-refractivity contribution is 6.04. The predicted octanol–water partition coefficient (Wildman–Crippen LogP) is 3.66. The van der Waals surface area contributed by atoms with E-state index in [2.05, 4.69) is 10.1 Å². The summed E-state index contributed by atoms with van der Waals surface area (Å²) in [6.45, 7) is 12.1. The fraction of sp³-hybridized carbons (Fsp3) is 0.500. The first-order valence-electron chi connectivity index (χ1n) is 9.17.